The number of carbonyl (C=O) groups excluding carboxylic acids is 3. The standard InChI is InChI=1S/C19H21NO6/c1-10-17(12(3)21)11(2)20-18(10)14(22)9-26-15-7-6-13(19(23)25-5)8-16(15)24-4/h6-8,20H,9H2,1-5H3. The summed E-state index contributed by atoms with van der Waals surface area (Å²) in [5.41, 5.74) is 2.44. The van der Waals surface area contributed by atoms with Crippen LogP contribution in [0.1, 0.15) is 49.4 Å². The Kier molecular flexibility index (Phi) is 5.82. The topological polar surface area (TPSA) is 94.7 Å². The summed E-state index contributed by atoms with van der Waals surface area (Å²) in [5.74, 6) is -0.264. The molecule has 0 bridgehead atoms. The zero-order valence-electron chi connectivity index (χ0n) is 15.4. The van der Waals surface area contributed by atoms with E-state index in [2.05, 4.69) is 9.72 Å². The van der Waals surface area contributed by atoms with Gasteiger partial charge in [-0.1, -0.05) is 0 Å². The molecule has 0 aliphatic carbocycles. The number of aromatic nitrogens is 1. The second-order valence-corrected chi connectivity index (χ2v) is 5.75. The quantitative estimate of drug-likeness (QED) is 0.603. The predicted molar refractivity (Wildman–Crippen MR) is 94.4 cm³/mol. The Bertz CT molecular complexity index is 865. The molecule has 138 valence electrons. The third kappa shape index (κ3) is 3.77. The number of ketones is 2. The highest BCUT2D eigenvalue weighted by Gasteiger charge is 2.20. The van der Waals surface area contributed by atoms with Crippen molar-refractivity contribution in [3.8, 4) is 11.5 Å². The van der Waals surface area contributed by atoms with Gasteiger partial charge in [-0.2, -0.15) is 0 Å². The highest BCUT2D eigenvalue weighted by Crippen LogP contribution is 2.28. The number of esters is 1. The summed E-state index contributed by atoms with van der Waals surface area (Å²) in [6.07, 6.45) is 0. The Balaban J connectivity index is 2.19. The molecular formula is C19H21NO6. The number of Topliss-reactive ketones (excluding diaryl/α,β-unsaturated/α-hetero) is 2. The van der Waals surface area contributed by atoms with Gasteiger partial charge in [-0.25, -0.2) is 4.79 Å². The zero-order valence-corrected chi connectivity index (χ0v) is 15.4. The molecule has 2 aromatic rings. The molecular weight excluding hydrogens is 338 g/mol. The van der Waals surface area contributed by atoms with Gasteiger partial charge in [-0.3, -0.25) is 9.59 Å². The molecule has 26 heavy (non-hydrogen) atoms. The fraction of sp³-hybridized carbons (Fsp3) is 0.316. The molecule has 2 rings (SSSR count). The first kappa shape index (κ1) is 19.2. The molecule has 0 saturated heterocycles. The third-order valence-electron chi connectivity index (χ3n) is 4.01. The van der Waals surface area contributed by atoms with E-state index >= 15 is 0 Å². The number of methoxy groups -OCH3 is 2. The molecule has 0 aliphatic rings. The largest absolute Gasteiger partial charge is 0.493 e. The van der Waals surface area contributed by atoms with Crippen LogP contribution in [0.5, 0.6) is 11.5 Å². The van der Waals surface area contributed by atoms with Crippen LogP contribution in [-0.2, 0) is 4.74 Å². The first-order valence-electron chi connectivity index (χ1n) is 7.92. The smallest absolute Gasteiger partial charge is 0.337 e. The summed E-state index contributed by atoms with van der Waals surface area (Å²) in [7, 11) is 2.72. The van der Waals surface area contributed by atoms with Gasteiger partial charge in [0.05, 0.1) is 25.5 Å². The third-order valence-corrected chi connectivity index (χ3v) is 4.01. The van der Waals surface area contributed by atoms with Crippen molar-refractivity contribution in [2.24, 2.45) is 0 Å². The van der Waals surface area contributed by atoms with E-state index < -0.39 is 5.97 Å². The number of hydrogen-bond acceptors (Lipinski definition) is 6. The second kappa shape index (κ2) is 7.86. The molecule has 1 aromatic heterocycles. The summed E-state index contributed by atoms with van der Waals surface area (Å²) < 4.78 is 15.4. The summed E-state index contributed by atoms with van der Waals surface area (Å²) in [4.78, 5) is 38.7. The van der Waals surface area contributed by atoms with E-state index in [0.29, 0.717) is 39.6 Å². The van der Waals surface area contributed by atoms with Gasteiger partial charge >= 0.3 is 5.97 Å². The lowest BCUT2D eigenvalue weighted by molar-refractivity contribution is 0.0599. The first-order chi connectivity index (χ1) is 12.3. The normalized spacial score (nSPS) is 10.3. The van der Waals surface area contributed by atoms with E-state index in [0.717, 1.165) is 0 Å². The minimum Gasteiger partial charge on any atom is -0.493 e. The van der Waals surface area contributed by atoms with Crippen molar-refractivity contribution in [2.45, 2.75) is 20.8 Å². The fourth-order valence-electron chi connectivity index (χ4n) is 2.80. The minimum atomic E-state index is -0.500. The first-order valence-corrected chi connectivity index (χ1v) is 7.92. The molecule has 0 amide bonds. The maximum absolute atomic E-state index is 12.5. The summed E-state index contributed by atoms with van der Waals surface area (Å²) in [6.45, 7) is 4.68. The van der Waals surface area contributed by atoms with Crippen molar-refractivity contribution in [3.63, 3.8) is 0 Å². The number of H-pyrrole nitrogens is 1. The lowest BCUT2D eigenvalue weighted by atomic mass is 10.1. The molecule has 7 heteroatoms. The van der Waals surface area contributed by atoms with E-state index in [9.17, 15) is 14.4 Å². The van der Waals surface area contributed by atoms with Crippen molar-refractivity contribution in [1.82, 2.24) is 4.98 Å². The fourth-order valence-corrected chi connectivity index (χ4v) is 2.80. The molecule has 1 aromatic carbocycles. The van der Waals surface area contributed by atoms with Crippen LogP contribution in [0.2, 0.25) is 0 Å². The van der Waals surface area contributed by atoms with Crippen LogP contribution in [0.25, 0.3) is 0 Å². The predicted octanol–water partition coefficient (Wildman–Crippen LogP) is 2.89. The van der Waals surface area contributed by atoms with Crippen LogP contribution < -0.4 is 9.47 Å². The average Bonchev–Trinajstić information content (AvgIpc) is 2.93. The van der Waals surface area contributed by atoms with Crippen LogP contribution in [0.15, 0.2) is 18.2 Å². The van der Waals surface area contributed by atoms with Crippen LogP contribution >= 0.6 is 0 Å². The van der Waals surface area contributed by atoms with Crippen molar-refractivity contribution < 1.29 is 28.6 Å². The highest BCUT2D eigenvalue weighted by molar-refractivity contribution is 6.03. The summed E-state index contributed by atoms with van der Waals surface area (Å²) in [5, 5.41) is 0. The van der Waals surface area contributed by atoms with E-state index in [4.69, 9.17) is 9.47 Å². The van der Waals surface area contributed by atoms with Crippen LogP contribution in [0, 0.1) is 13.8 Å². The maximum atomic E-state index is 12.5. The number of nitrogens with one attached hydrogen (secondary N) is 1. The summed E-state index contributed by atoms with van der Waals surface area (Å²) in [6, 6.07) is 4.53. The van der Waals surface area contributed by atoms with Gasteiger partial charge in [0.25, 0.3) is 0 Å². The number of hydrogen-bond donors (Lipinski definition) is 1. The Labute approximate surface area is 151 Å². The van der Waals surface area contributed by atoms with Gasteiger partial charge in [0.1, 0.15) is 0 Å². The van der Waals surface area contributed by atoms with Crippen molar-refractivity contribution >= 4 is 17.5 Å². The van der Waals surface area contributed by atoms with Crippen LogP contribution in [0.4, 0.5) is 0 Å². The highest BCUT2D eigenvalue weighted by atomic mass is 16.5. The lowest BCUT2D eigenvalue weighted by Crippen LogP contribution is -2.14. The van der Waals surface area contributed by atoms with Gasteiger partial charge < -0.3 is 19.2 Å². The van der Waals surface area contributed by atoms with E-state index in [1.807, 2.05) is 0 Å². The number of ether oxygens (including phenoxy) is 3. The molecule has 0 fully saturated rings. The SMILES string of the molecule is COC(=O)c1ccc(OCC(=O)c2[nH]c(C)c(C(C)=O)c2C)c(OC)c1. The van der Waals surface area contributed by atoms with E-state index in [1.54, 1.807) is 13.8 Å². The van der Waals surface area contributed by atoms with Crippen molar-refractivity contribution in [3.05, 3.63) is 46.3 Å². The zero-order chi connectivity index (χ0) is 19.4. The molecule has 0 radical (unpaired) electrons. The molecule has 0 saturated carbocycles. The molecule has 7 nitrogen and oxygen atoms in total. The Morgan fingerprint density at radius 1 is 1.08 bits per heavy atom. The second-order valence-electron chi connectivity index (χ2n) is 5.75. The molecule has 0 aliphatic heterocycles. The van der Waals surface area contributed by atoms with Gasteiger partial charge in [-0.15, -0.1) is 0 Å². The molecule has 1 heterocycles. The molecule has 0 unspecified atom stereocenters. The minimum absolute atomic E-state index is 0.101. The monoisotopic (exact) mass is 359 g/mol. The average molecular weight is 359 g/mol. The summed E-state index contributed by atoms with van der Waals surface area (Å²) >= 11 is 0. The van der Waals surface area contributed by atoms with E-state index in [1.165, 1.54) is 39.3 Å². The molecule has 1 N–H and O–H groups in total. The number of rotatable bonds is 7. The van der Waals surface area contributed by atoms with Crippen LogP contribution in [0.3, 0.4) is 0 Å². The Hall–Kier alpha value is -3.09. The van der Waals surface area contributed by atoms with E-state index in [-0.39, 0.29) is 18.2 Å². The maximum Gasteiger partial charge on any atom is 0.337 e. The number of aromatic amines is 1. The van der Waals surface area contributed by atoms with Gasteiger partial charge in [0, 0.05) is 11.3 Å². The lowest BCUT2D eigenvalue weighted by Gasteiger charge is -2.11. The van der Waals surface area contributed by atoms with Gasteiger partial charge in [0.15, 0.2) is 23.9 Å². The number of carbonyl (C=O) groups is 3. The molecule has 0 spiro atoms. The Morgan fingerprint density at radius 2 is 1.77 bits per heavy atom. The molecule has 0 atom stereocenters. The van der Waals surface area contributed by atoms with Gasteiger partial charge in [0.2, 0.25) is 5.78 Å². The number of aryl methyl sites for hydroxylation is 1. The van der Waals surface area contributed by atoms with Crippen molar-refractivity contribution in [2.75, 3.05) is 20.8 Å². The van der Waals surface area contributed by atoms with Gasteiger partial charge in [-0.05, 0) is 44.5 Å². The van der Waals surface area contributed by atoms with Crippen LogP contribution in [-0.4, -0.2) is 43.3 Å². The van der Waals surface area contributed by atoms with Crippen molar-refractivity contribution in [1.29, 1.82) is 0 Å². The number of benzene rings is 1. The Morgan fingerprint density at radius 3 is 2.31 bits per heavy atom.